The summed E-state index contributed by atoms with van der Waals surface area (Å²) in [6, 6.07) is 0. The third-order valence-electron chi connectivity index (χ3n) is 2.21. The summed E-state index contributed by atoms with van der Waals surface area (Å²) in [7, 11) is 1.98. The zero-order valence-electron chi connectivity index (χ0n) is 8.99. The Bertz CT molecular complexity index is 293. The van der Waals surface area contributed by atoms with Crippen LogP contribution in [0.2, 0.25) is 5.02 Å². The molecule has 0 bridgehead atoms. The van der Waals surface area contributed by atoms with Crippen molar-refractivity contribution in [3.05, 3.63) is 17.5 Å². The molecule has 2 N–H and O–H groups in total. The number of halogens is 1. The summed E-state index contributed by atoms with van der Waals surface area (Å²) in [5.41, 5.74) is 5.43. The van der Waals surface area contributed by atoms with Gasteiger partial charge in [0.05, 0.1) is 6.20 Å². The SMILES string of the molecule is CN(CCCCCN)c1ncncc1Cl. The third-order valence-corrected chi connectivity index (χ3v) is 2.47. The Morgan fingerprint density at radius 3 is 2.87 bits per heavy atom. The molecule has 1 heterocycles. The van der Waals surface area contributed by atoms with Gasteiger partial charge in [-0.1, -0.05) is 18.0 Å². The molecule has 0 atom stereocenters. The van der Waals surface area contributed by atoms with Crippen LogP contribution in [0.1, 0.15) is 19.3 Å². The highest BCUT2D eigenvalue weighted by Gasteiger charge is 2.06. The molecule has 4 nitrogen and oxygen atoms in total. The molecule has 1 aromatic rings. The van der Waals surface area contributed by atoms with Gasteiger partial charge in [-0.25, -0.2) is 9.97 Å². The second-order valence-electron chi connectivity index (χ2n) is 3.47. The zero-order chi connectivity index (χ0) is 11.1. The maximum Gasteiger partial charge on any atom is 0.150 e. The number of unbranched alkanes of at least 4 members (excludes halogenated alkanes) is 2. The average Bonchev–Trinajstić information content (AvgIpc) is 2.25. The van der Waals surface area contributed by atoms with E-state index in [1.54, 1.807) is 6.20 Å². The number of aromatic nitrogens is 2. The lowest BCUT2D eigenvalue weighted by Crippen LogP contribution is -2.20. The van der Waals surface area contributed by atoms with Crippen molar-refractivity contribution in [3.63, 3.8) is 0 Å². The fourth-order valence-corrected chi connectivity index (χ4v) is 1.61. The number of nitrogens with two attached hydrogens (primary N) is 1. The quantitative estimate of drug-likeness (QED) is 0.753. The van der Waals surface area contributed by atoms with Crippen molar-refractivity contribution in [1.29, 1.82) is 0 Å². The lowest BCUT2D eigenvalue weighted by Gasteiger charge is -2.18. The minimum atomic E-state index is 0.596. The van der Waals surface area contributed by atoms with Crippen LogP contribution in [-0.2, 0) is 0 Å². The topological polar surface area (TPSA) is 55.0 Å². The van der Waals surface area contributed by atoms with E-state index >= 15 is 0 Å². The fourth-order valence-electron chi connectivity index (χ4n) is 1.36. The van der Waals surface area contributed by atoms with Crippen molar-refractivity contribution in [2.75, 3.05) is 25.0 Å². The first kappa shape index (κ1) is 12.2. The Morgan fingerprint density at radius 1 is 1.40 bits per heavy atom. The normalized spacial score (nSPS) is 10.3. The summed E-state index contributed by atoms with van der Waals surface area (Å²) in [6.45, 7) is 1.70. The molecular weight excluding hydrogens is 212 g/mol. The lowest BCUT2D eigenvalue weighted by atomic mass is 10.2. The van der Waals surface area contributed by atoms with Gasteiger partial charge in [0.25, 0.3) is 0 Å². The maximum absolute atomic E-state index is 5.97. The molecule has 84 valence electrons. The molecule has 0 amide bonds. The van der Waals surface area contributed by atoms with Crippen molar-refractivity contribution in [1.82, 2.24) is 9.97 Å². The molecule has 0 aliphatic carbocycles. The van der Waals surface area contributed by atoms with E-state index in [9.17, 15) is 0 Å². The van der Waals surface area contributed by atoms with Crippen molar-refractivity contribution in [2.24, 2.45) is 5.73 Å². The van der Waals surface area contributed by atoms with Crippen LogP contribution < -0.4 is 10.6 Å². The Labute approximate surface area is 95.5 Å². The van der Waals surface area contributed by atoms with Crippen LogP contribution in [0.15, 0.2) is 12.5 Å². The molecule has 0 fully saturated rings. The number of hydrogen-bond acceptors (Lipinski definition) is 4. The molecule has 0 saturated carbocycles. The molecule has 15 heavy (non-hydrogen) atoms. The van der Waals surface area contributed by atoms with Gasteiger partial charge in [0, 0.05) is 13.6 Å². The fraction of sp³-hybridized carbons (Fsp3) is 0.600. The summed E-state index contributed by atoms with van der Waals surface area (Å²) < 4.78 is 0. The number of hydrogen-bond donors (Lipinski definition) is 1. The van der Waals surface area contributed by atoms with E-state index in [0.717, 1.165) is 38.2 Å². The molecule has 0 aliphatic rings. The zero-order valence-corrected chi connectivity index (χ0v) is 9.74. The monoisotopic (exact) mass is 228 g/mol. The number of anilines is 1. The van der Waals surface area contributed by atoms with E-state index in [-0.39, 0.29) is 0 Å². The van der Waals surface area contributed by atoms with Crippen LogP contribution in [0.4, 0.5) is 5.82 Å². The van der Waals surface area contributed by atoms with Gasteiger partial charge in [-0.15, -0.1) is 0 Å². The predicted molar refractivity (Wildman–Crippen MR) is 63.2 cm³/mol. The summed E-state index contributed by atoms with van der Waals surface area (Å²) in [6.07, 6.45) is 6.45. The van der Waals surface area contributed by atoms with Crippen LogP contribution >= 0.6 is 11.6 Å². The third kappa shape index (κ3) is 4.01. The van der Waals surface area contributed by atoms with Crippen molar-refractivity contribution in [2.45, 2.75) is 19.3 Å². The van der Waals surface area contributed by atoms with Crippen LogP contribution in [0, 0.1) is 0 Å². The minimum Gasteiger partial charge on any atom is -0.358 e. The maximum atomic E-state index is 5.97. The van der Waals surface area contributed by atoms with Crippen LogP contribution in [-0.4, -0.2) is 30.1 Å². The van der Waals surface area contributed by atoms with Crippen molar-refractivity contribution in [3.8, 4) is 0 Å². The van der Waals surface area contributed by atoms with Crippen LogP contribution in [0.3, 0.4) is 0 Å². The van der Waals surface area contributed by atoms with Gasteiger partial charge in [-0.05, 0) is 19.4 Å². The van der Waals surface area contributed by atoms with Crippen molar-refractivity contribution < 1.29 is 0 Å². The molecule has 0 aliphatic heterocycles. The number of rotatable bonds is 6. The van der Waals surface area contributed by atoms with Gasteiger partial charge >= 0.3 is 0 Å². The standard InChI is InChI=1S/C10H17ClN4/c1-15(6-4-2-3-5-12)10-9(11)7-13-8-14-10/h7-8H,2-6,12H2,1H3. The Kier molecular flexibility index (Phi) is 5.36. The minimum absolute atomic E-state index is 0.596. The van der Waals surface area contributed by atoms with Gasteiger partial charge in [0.2, 0.25) is 0 Å². The second kappa shape index (κ2) is 6.58. The highest BCUT2D eigenvalue weighted by atomic mass is 35.5. The van der Waals surface area contributed by atoms with E-state index < -0.39 is 0 Å². The molecular formula is C10H17ClN4. The first-order valence-corrected chi connectivity index (χ1v) is 5.50. The largest absolute Gasteiger partial charge is 0.358 e. The summed E-state index contributed by atoms with van der Waals surface area (Å²) in [5, 5.41) is 0.596. The van der Waals surface area contributed by atoms with E-state index in [2.05, 4.69) is 9.97 Å². The van der Waals surface area contributed by atoms with E-state index in [1.165, 1.54) is 6.33 Å². The Balaban J connectivity index is 2.40. The Morgan fingerprint density at radius 2 is 2.20 bits per heavy atom. The molecule has 0 saturated heterocycles. The second-order valence-corrected chi connectivity index (χ2v) is 3.87. The average molecular weight is 229 g/mol. The van der Waals surface area contributed by atoms with Crippen molar-refractivity contribution >= 4 is 17.4 Å². The lowest BCUT2D eigenvalue weighted by molar-refractivity contribution is 0.676. The highest BCUT2D eigenvalue weighted by Crippen LogP contribution is 2.20. The molecule has 0 unspecified atom stereocenters. The molecule has 1 aromatic heterocycles. The summed E-state index contributed by atoms with van der Waals surface area (Å²) in [5.74, 6) is 0.791. The first-order chi connectivity index (χ1) is 7.25. The van der Waals surface area contributed by atoms with Crippen LogP contribution in [0.5, 0.6) is 0 Å². The van der Waals surface area contributed by atoms with E-state index in [1.807, 2.05) is 11.9 Å². The number of nitrogens with zero attached hydrogens (tertiary/aromatic N) is 3. The van der Waals surface area contributed by atoms with Gasteiger partial charge in [0.1, 0.15) is 11.3 Å². The van der Waals surface area contributed by atoms with E-state index in [0.29, 0.717) is 5.02 Å². The van der Waals surface area contributed by atoms with Gasteiger partial charge in [-0.3, -0.25) is 0 Å². The van der Waals surface area contributed by atoms with Gasteiger partial charge in [0.15, 0.2) is 5.82 Å². The van der Waals surface area contributed by atoms with Gasteiger partial charge in [-0.2, -0.15) is 0 Å². The smallest absolute Gasteiger partial charge is 0.150 e. The van der Waals surface area contributed by atoms with Gasteiger partial charge < -0.3 is 10.6 Å². The Hall–Kier alpha value is -0.870. The molecule has 5 heteroatoms. The predicted octanol–water partition coefficient (Wildman–Crippen LogP) is 1.70. The van der Waals surface area contributed by atoms with E-state index in [4.69, 9.17) is 17.3 Å². The highest BCUT2D eigenvalue weighted by molar-refractivity contribution is 6.32. The summed E-state index contributed by atoms with van der Waals surface area (Å²) in [4.78, 5) is 10.0. The first-order valence-electron chi connectivity index (χ1n) is 5.12. The summed E-state index contributed by atoms with van der Waals surface area (Å²) >= 11 is 5.97. The molecule has 0 aromatic carbocycles. The molecule has 0 spiro atoms. The molecule has 0 radical (unpaired) electrons. The van der Waals surface area contributed by atoms with Crippen LogP contribution in [0.25, 0.3) is 0 Å². The molecule has 1 rings (SSSR count).